The van der Waals surface area contributed by atoms with Crippen LogP contribution in [0.5, 0.6) is 17.2 Å². The van der Waals surface area contributed by atoms with E-state index in [1.165, 1.54) is 20.3 Å². The van der Waals surface area contributed by atoms with Gasteiger partial charge in [0.05, 0.1) is 14.2 Å². The minimum Gasteiger partial charge on any atom is -0.507 e. The molecule has 7 heteroatoms. The monoisotopic (exact) mass is 345 g/mol. The average molecular weight is 345 g/mol. The first-order valence-corrected chi connectivity index (χ1v) is 7.44. The Kier molecular flexibility index (Phi) is 5.84. The molecule has 0 aromatic heterocycles. The van der Waals surface area contributed by atoms with Gasteiger partial charge in [-0.2, -0.15) is 0 Å². The molecule has 0 atom stereocenters. The SMILES string of the molecule is COc1ccc(NC(=O)COC(=O)c2cccc(C)c2O)cc1OC. The van der Waals surface area contributed by atoms with Gasteiger partial charge in [0.25, 0.3) is 5.91 Å². The lowest BCUT2D eigenvalue weighted by Crippen LogP contribution is -2.21. The van der Waals surface area contributed by atoms with Crippen LogP contribution in [0, 0.1) is 6.92 Å². The molecule has 2 rings (SSSR count). The van der Waals surface area contributed by atoms with Gasteiger partial charge in [0.2, 0.25) is 0 Å². The lowest BCUT2D eigenvalue weighted by Gasteiger charge is -2.11. The van der Waals surface area contributed by atoms with Gasteiger partial charge in [0, 0.05) is 11.8 Å². The summed E-state index contributed by atoms with van der Waals surface area (Å²) in [6.45, 7) is 1.18. The molecule has 0 spiro atoms. The largest absolute Gasteiger partial charge is 0.507 e. The van der Waals surface area contributed by atoms with Crippen LogP contribution in [0.25, 0.3) is 0 Å². The van der Waals surface area contributed by atoms with Gasteiger partial charge in [-0.05, 0) is 30.7 Å². The fourth-order valence-corrected chi connectivity index (χ4v) is 2.14. The first kappa shape index (κ1) is 18.1. The summed E-state index contributed by atoms with van der Waals surface area (Å²) in [5.41, 5.74) is 1.03. The molecule has 1 amide bonds. The zero-order valence-corrected chi connectivity index (χ0v) is 14.2. The summed E-state index contributed by atoms with van der Waals surface area (Å²) in [6.07, 6.45) is 0. The highest BCUT2D eigenvalue weighted by Gasteiger charge is 2.16. The van der Waals surface area contributed by atoms with Crippen molar-refractivity contribution >= 4 is 17.6 Å². The Balaban J connectivity index is 1.97. The van der Waals surface area contributed by atoms with Crippen molar-refractivity contribution in [3.63, 3.8) is 0 Å². The summed E-state index contributed by atoms with van der Waals surface area (Å²) in [5, 5.41) is 12.4. The maximum Gasteiger partial charge on any atom is 0.342 e. The summed E-state index contributed by atoms with van der Waals surface area (Å²) in [6, 6.07) is 9.58. The summed E-state index contributed by atoms with van der Waals surface area (Å²) < 4.78 is 15.2. The molecule has 0 aliphatic carbocycles. The molecule has 132 valence electrons. The summed E-state index contributed by atoms with van der Waals surface area (Å²) in [4.78, 5) is 23.9. The number of phenolic OH excluding ortho intramolecular Hbond substituents is 1. The first-order valence-electron chi connectivity index (χ1n) is 7.44. The van der Waals surface area contributed by atoms with Crippen LogP contribution in [0.4, 0.5) is 5.69 Å². The van der Waals surface area contributed by atoms with Crippen molar-refractivity contribution in [2.45, 2.75) is 6.92 Å². The average Bonchev–Trinajstić information content (AvgIpc) is 2.61. The van der Waals surface area contributed by atoms with Gasteiger partial charge in [0.1, 0.15) is 11.3 Å². The van der Waals surface area contributed by atoms with Crippen molar-refractivity contribution in [3.8, 4) is 17.2 Å². The van der Waals surface area contributed by atoms with Crippen LogP contribution < -0.4 is 14.8 Å². The molecule has 0 fully saturated rings. The number of esters is 1. The molecule has 2 aromatic rings. The van der Waals surface area contributed by atoms with Crippen LogP contribution in [-0.4, -0.2) is 37.8 Å². The second-order valence-corrected chi connectivity index (χ2v) is 5.17. The molecule has 25 heavy (non-hydrogen) atoms. The molecule has 0 saturated carbocycles. The smallest absolute Gasteiger partial charge is 0.342 e. The third-order valence-corrected chi connectivity index (χ3v) is 3.46. The van der Waals surface area contributed by atoms with Gasteiger partial charge < -0.3 is 24.6 Å². The van der Waals surface area contributed by atoms with Crippen LogP contribution in [0.3, 0.4) is 0 Å². The Bertz CT molecular complexity index is 787. The number of benzene rings is 2. The molecule has 7 nitrogen and oxygen atoms in total. The van der Waals surface area contributed by atoms with Gasteiger partial charge in [-0.1, -0.05) is 12.1 Å². The van der Waals surface area contributed by atoms with Crippen LogP contribution >= 0.6 is 0 Å². The van der Waals surface area contributed by atoms with E-state index in [0.29, 0.717) is 22.7 Å². The van der Waals surface area contributed by atoms with E-state index >= 15 is 0 Å². The van der Waals surface area contributed by atoms with E-state index in [1.807, 2.05) is 0 Å². The quantitative estimate of drug-likeness (QED) is 0.781. The first-order chi connectivity index (χ1) is 12.0. The van der Waals surface area contributed by atoms with Crippen molar-refractivity contribution in [2.24, 2.45) is 0 Å². The van der Waals surface area contributed by atoms with Crippen LogP contribution in [0.1, 0.15) is 15.9 Å². The number of aromatic hydroxyl groups is 1. The Morgan fingerprint density at radius 1 is 1.08 bits per heavy atom. The summed E-state index contributed by atoms with van der Waals surface area (Å²) in [5.74, 6) is -0.465. The van der Waals surface area contributed by atoms with Crippen molar-refractivity contribution in [3.05, 3.63) is 47.5 Å². The number of anilines is 1. The number of hydrogen-bond acceptors (Lipinski definition) is 6. The molecule has 2 aromatic carbocycles. The minimum atomic E-state index is -0.774. The van der Waals surface area contributed by atoms with E-state index in [2.05, 4.69) is 5.32 Å². The molecule has 0 radical (unpaired) electrons. The number of amides is 1. The lowest BCUT2D eigenvalue weighted by atomic mass is 10.1. The zero-order chi connectivity index (χ0) is 18.4. The second-order valence-electron chi connectivity index (χ2n) is 5.17. The zero-order valence-electron chi connectivity index (χ0n) is 14.2. The number of aryl methyl sites for hydroxylation is 1. The minimum absolute atomic E-state index is 0.0129. The number of carbonyl (C=O) groups excluding carboxylic acids is 2. The number of ether oxygens (including phenoxy) is 3. The second kappa shape index (κ2) is 8.05. The van der Waals surface area contributed by atoms with Crippen molar-refractivity contribution < 1.29 is 28.9 Å². The number of methoxy groups -OCH3 is 2. The lowest BCUT2D eigenvalue weighted by molar-refractivity contribution is -0.119. The Morgan fingerprint density at radius 2 is 1.80 bits per heavy atom. The highest BCUT2D eigenvalue weighted by molar-refractivity contribution is 5.97. The number of rotatable bonds is 6. The molecule has 0 bridgehead atoms. The van der Waals surface area contributed by atoms with Crippen LogP contribution in [0.2, 0.25) is 0 Å². The van der Waals surface area contributed by atoms with Crippen molar-refractivity contribution in [2.75, 3.05) is 26.1 Å². The van der Waals surface area contributed by atoms with E-state index < -0.39 is 18.5 Å². The highest BCUT2D eigenvalue weighted by atomic mass is 16.5. The van der Waals surface area contributed by atoms with Gasteiger partial charge in [-0.25, -0.2) is 4.79 Å². The van der Waals surface area contributed by atoms with Crippen LogP contribution in [-0.2, 0) is 9.53 Å². The molecule has 0 unspecified atom stereocenters. The molecule has 0 aliphatic rings. The summed E-state index contributed by atoms with van der Waals surface area (Å²) >= 11 is 0. The third kappa shape index (κ3) is 4.41. The molecule has 0 saturated heterocycles. The standard InChI is InChI=1S/C18H19NO6/c1-11-5-4-6-13(17(11)21)18(22)25-10-16(20)19-12-7-8-14(23-2)15(9-12)24-3/h4-9,21H,10H2,1-3H3,(H,19,20). The predicted octanol–water partition coefficient (Wildman–Crippen LogP) is 2.51. The number of nitrogens with one attached hydrogen (secondary N) is 1. The fraction of sp³-hybridized carbons (Fsp3) is 0.222. The number of carbonyl (C=O) groups is 2. The van der Waals surface area contributed by atoms with Crippen molar-refractivity contribution in [1.82, 2.24) is 0 Å². The molecule has 0 aliphatic heterocycles. The molecular formula is C18H19NO6. The van der Waals surface area contributed by atoms with E-state index in [4.69, 9.17) is 14.2 Å². The third-order valence-electron chi connectivity index (χ3n) is 3.46. The Morgan fingerprint density at radius 3 is 2.48 bits per heavy atom. The van der Waals surface area contributed by atoms with E-state index in [0.717, 1.165) is 0 Å². The van der Waals surface area contributed by atoms with Crippen molar-refractivity contribution in [1.29, 1.82) is 0 Å². The Hall–Kier alpha value is -3.22. The number of phenols is 1. The van der Waals surface area contributed by atoms with Gasteiger partial charge in [0.15, 0.2) is 18.1 Å². The highest BCUT2D eigenvalue weighted by Crippen LogP contribution is 2.29. The Labute approximate surface area is 145 Å². The van der Waals surface area contributed by atoms with Gasteiger partial charge >= 0.3 is 5.97 Å². The molecular weight excluding hydrogens is 326 g/mol. The van der Waals surface area contributed by atoms with E-state index in [-0.39, 0.29) is 11.3 Å². The topological polar surface area (TPSA) is 94.1 Å². The predicted molar refractivity (Wildman–Crippen MR) is 91.3 cm³/mol. The van der Waals surface area contributed by atoms with Gasteiger partial charge in [-0.3, -0.25) is 4.79 Å². The van der Waals surface area contributed by atoms with E-state index in [1.54, 1.807) is 37.3 Å². The maximum absolute atomic E-state index is 12.0. The maximum atomic E-state index is 12.0. The molecule has 2 N–H and O–H groups in total. The number of hydrogen-bond donors (Lipinski definition) is 2. The normalized spacial score (nSPS) is 10.0. The number of para-hydroxylation sites is 1. The summed E-state index contributed by atoms with van der Waals surface area (Å²) in [7, 11) is 3.00. The fourth-order valence-electron chi connectivity index (χ4n) is 2.14. The molecule has 0 heterocycles. The van der Waals surface area contributed by atoms with Gasteiger partial charge in [-0.15, -0.1) is 0 Å². The van der Waals surface area contributed by atoms with E-state index in [9.17, 15) is 14.7 Å². The van der Waals surface area contributed by atoms with Crippen LogP contribution in [0.15, 0.2) is 36.4 Å².